The van der Waals surface area contributed by atoms with Crippen LogP contribution in [0.1, 0.15) is 15.9 Å². The predicted octanol–water partition coefficient (Wildman–Crippen LogP) is 1.77. The number of rotatable bonds is 5. The number of ether oxygens (including phenoxy) is 1. The molecule has 0 aliphatic rings. The minimum Gasteiger partial charge on any atom is -0.380 e. The van der Waals surface area contributed by atoms with Crippen molar-refractivity contribution in [2.24, 2.45) is 5.84 Å². The van der Waals surface area contributed by atoms with Gasteiger partial charge in [-0.05, 0) is 29.8 Å². The Balaban J connectivity index is 2.08. The number of hydrogen-bond acceptors (Lipinski definition) is 5. The van der Waals surface area contributed by atoms with E-state index in [1.807, 2.05) is 24.3 Å². The van der Waals surface area contributed by atoms with Crippen molar-refractivity contribution in [1.29, 1.82) is 0 Å². The molecule has 0 radical (unpaired) electrons. The van der Waals surface area contributed by atoms with Gasteiger partial charge in [0.2, 0.25) is 0 Å². The van der Waals surface area contributed by atoms with Crippen LogP contribution in [-0.2, 0) is 11.3 Å². The van der Waals surface area contributed by atoms with Crippen molar-refractivity contribution in [2.45, 2.75) is 6.61 Å². The number of pyridine rings is 1. The molecule has 2 rings (SSSR count). The molecule has 0 saturated heterocycles. The lowest BCUT2D eigenvalue weighted by atomic mass is 10.2. The molecule has 6 nitrogen and oxygen atoms in total. The second kappa shape index (κ2) is 6.65. The lowest BCUT2D eigenvalue weighted by Gasteiger charge is -2.07. The van der Waals surface area contributed by atoms with Gasteiger partial charge in [-0.2, -0.15) is 0 Å². The minimum atomic E-state index is -0.226. The van der Waals surface area contributed by atoms with Gasteiger partial charge < -0.3 is 15.5 Å². The van der Waals surface area contributed by atoms with Crippen molar-refractivity contribution in [3.8, 4) is 0 Å². The smallest absolute Gasteiger partial charge is 0.257 e. The van der Waals surface area contributed by atoms with Crippen molar-refractivity contribution >= 4 is 17.4 Å². The highest BCUT2D eigenvalue weighted by molar-refractivity contribution is 6.04. The number of nitrogen functional groups attached to an aromatic ring is 1. The number of hydrazine groups is 1. The van der Waals surface area contributed by atoms with Crippen LogP contribution in [0, 0.1) is 0 Å². The molecular formula is C14H16N4O2. The normalized spacial score (nSPS) is 10.1. The first-order valence-corrected chi connectivity index (χ1v) is 6.05. The standard InChI is InChI=1S/C14H16N4O2/c1-20-9-10-3-2-4-12(7-10)17-14(19)11-5-6-13(18-15)16-8-11/h2-8H,9,15H2,1H3,(H,16,18)(H,17,19). The number of nitrogens with one attached hydrogen (secondary N) is 2. The van der Waals surface area contributed by atoms with E-state index in [0.717, 1.165) is 5.56 Å². The van der Waals surface area contributed by atoms with Crippen LogP contribution < -0.4 is 16.6 Å². The molecule has 2 aromatic rings. The number of anilines is 2. The number of benzene rings is 1. The third kappa shape index (κ3) is 3.53. The van der Waals surface area contributed by atoms with Crippen LogP contribution in [0.5, 0.6) is 0 Å². The Hall–Kier alpha value is -2.44. The number of methoxy groups -OCH3 is 1. The van der Waals surface area contributed by atoms with E-state index in [0.29, 0.717) is 23.7 Å². The van der Waals surface area contributed by atoms with Gasteiger partial charge in [0.15, 0.2) is 0 Å². The Morgan fingerprint density at radius 2 is 2.20 bits per heavy atom. The van der Waals surface area contributed by atoms with Gasteiger partial charge in [0, 0.05) is 19.0 Å². The van der Waals surface area contributed by atoms with E-state index in [1.54, 1.807) is 19.2 Å². The molecule has 1 aromatic carbocycles. The quantitative estimate of drug-likeness (QED) is 0.570. The summed E-state index contributed by atoms with van der Waals surface area (Å²) < 4.78 is 5.06. The van der Waals surface area contributed by atoms with E-state index in [9.17, 15) is 4.79 Å². The highest BCUT2D eigenvalue weighted by atomic mass is 16.5. The van der Waals surface area contributed by atoms with E-state index in [4.69, 9.17) is 10.6 Å². The Kier molecular flexibility index (Phi) is 4.65. The third-order valence-corrected chi connectivity index (χ3v) is 2.67. The van der Waals surface area contributed by atoms with Crippen LogP contribution >= 0.6 is 0 Å². The Bertz CT molecular complexity index is 584. The topological polar surface area (TPSA) is 89.3 Å². The first kappa shape index (κ1) is 14.0. The Morgan fingerprint density at radius 3 is 2.85 bits per heavy atom. The summed E-state index contributed by atoms with van der Waals surface area (Å²) in [6.07, 6.45) is 1.46. The van der Waals surface area contributed by atoms with Crippen molar-refractivity contribution in [3.05, 3.63) is 53.7 Å². The lowest BCUT2D eigenvalue weighted by molar-refractivity contribution is 0.102. The number of aromatic nitrogens is 1. The summed E-state index contributed by atoms with van der Waals surface area (Å²) >= 11 is 0. The Morgan fingerprint density at radius 1 is 1.35 bits per heavy atom. The molecule has 0 bridgehead atoms. The zero-order chi connectivity index (χ0) is 14.4. The summed E-state index contributed by atoms with van der Waals surface area (Å²) in [5.74, 6) is 5.50. The van der Waals surface area contributed by atoms with Crippen molar-refractivity contribution in [3.63, 3.8) is 0 Å². The summed E-state index contributed by atoms with van der Waals surface area (Å²) in [6, 6.07) is 10.8. The van der Waals surface area contributed by atoms with Gasteiger partial charge in [0.1, 0.15) is 5.82 Å². The molecule has 0 aliphatic heterocycles. The SMILES string of the molecule is COCc1cccc(NC(=O)c2ccc(NN)nc2)c1. The van der Waals surface area contributed by atoms with Crippen LogP contribution in [0.25, 0.3) is 0 Å². The van der Waals surface area contributed by atoms with Crippen molar-refractivity contribution in [2.75, 3.05) is 17.9 Å². The van der Waals surface area contributed by atoms with Crippen LogP contribution in [-0.4, -0.2) is 18.0 Å². The second-order valence-corrected chi connectivity index (χ2v) is 4.16. The fourth-order valence-corrected chi connectivity index (χ4v) is 1.72. The predicted molar refractivity (Wildman–Crippen MR) is 77.2 cm³/mol. The highest BCUT2D eigenvalue weighted by Crippen LogP contribution is 2.13. The van der Waals surface area contributed by atoms with Crippen LogP contribution in [0.15, 0.2) is 42.6 Å². The van der Waals surface area contributed by atoms with Gasteiger partial charge in [-0.15, -0.1) is 0 Å². The van der Waals surface area contributed by atoms with E-state index >= 15 is 0 Å². The monoisotopic (exact) mass is 272 g/mol. The maximum absolute atomic E-state index is 12.0. The first-order chi connectivity index (χ1) is 9.72. The molecule has 104 valence electrons. The van der Waals surface area contributed by atoms with Crippen molar-refractivity contribution in [1.82, 2.24) is 4.98 Å². The maximum atomic E-state index is 12.0. The third-order valence-electron chi connectivity index (χ3n) is 2.67. The average molecular weight is 272 g/mol. The summed E-state index contributed by atoms with van der Waals surface area (Å²) in [4.78, 5) is 16.0. The molecule has 6 heteroatoms. The first-order valence-electron chi connectivity index (χ1n) is 6.05. The molecule has 1 amide bonds. The van der Waals surface area contributed by atoms with Crippen LogP contribution in [0.4, 0.5) is 11.5 Å². The number of hydrogen-bond donors (Lipinski definition) is 3. The van der Waals surface area contributed by atoms with Crippen molar-refractivity contribution < 1.29 is 9.53 Å². The van der Waals surface area contributed by atoms with Gasteiger partial charge >= 0.3 is 0 Å². The molecule has 1 aromatic heterocycles. The van der Waals surface area contributed by atoms with Crippen LogP contribution in [0.2, 0.25) is 0 Å². The summed E-state index contributed by atoms with van der Waals surface area (Å²) in [5, 5.41) is 2.81. The number of carbonyl (C=O) groups is 1. The molecule has 0 aliphatic carbocycles. The van der Waals surface area contributed by atoms with E-state index in [-0.39, 0.29) is 5.91 Å². The molecule has 0 saturated carbocycles. The molecule has 0 spiro atoms. The number of amides is 1. The number of carbonyl (C=O) groups excluding carboxylic acids is 1. The maximum Gasteiger partial charge on any atom is 0.257 e. The van der Waals surface area contributed by atoms with Gasteiger partial charge in [-0.3, -0.25) is 4.79 Å². The number of nitrogens with two attached hydrogens (primary N) is 1. The fraction of sp³-hybridized carbons (Fsp3) is 0.143. The average Bonchev–Trinajstić information content (AvgIpc) is 2.48. The van der Waals surface area contributed by atoms with Gasteiger partial charge in [0.05, 0.1) is 12.2 Å². The Labute approximate surface area is 116 Å². The fourth-order valence-electron chi connectivity index (χ4n) is 1.72. The highest BCUT2D eigenvalue weighted by Gasteiger charge is 2.07. The van der Waals surface area contributed by atoms with Gasteiger partial charge in [-0.1, -0.05) is 12.1 Å². The molecule has 0 unspecified atom stereocenters. The van der Waals surface area contributed by atoms with E-state index in [2.05, 4.69) is 15.7 Å². The zero-order valence-corrected chi connectivity index (χ0v) is 11.1. The summed E-state index contributed by atoms with van der Waals surface area (Å²) in [5.41, 5.74) is 4.57. The summed E-state index contributed by atoms with van der Waals surface area (Å²) in [6.45, 7) is 0.502. The second-order valence-electron chi connectivity index (χ2n) is 4.16. The van der Waals surface area contributed by atoms with E-state index in [1.165, 1.54) is 6.20 Å². The lowest BCUT2D eigenvalue weighted by Crippen LogP contribution is -2.13. The van der Waals surface area contributed by atoms with Gasteiger partial charge in [-0.25, -0.2) is 10.8 Å². The molecule has 4 N–H and O–H groups in total. The minimum absolute atomic E-state index is 0.226. The molecule has 1 heterocycles. The molecule has 0 fully saturated rings. The molecule has 0 atom stereocenters. The van der Waals surface area contributed by atoms with Gasteiger partial charge in [0.25, 0.3) is 5.91 Å². The summed E-state index contributed by atoms with van der Waals surface area (Å²) in [7, 11) is 1.63. The van der Waals surface area contributed by atoms with Crippen LogP contribution in [0.3, 0.4) is 0 Å². The number of nitrogens with zero attached hydrogens (tertiary/aromatic N) is 1. The zero-order valence-electron chi connectivity index (χ0n) is 11.1. The molecular weight excluding hydrogens is 256 g/mol. The van der Waals surface area contributed by atoms with E-state index < -0.39 is 0 Å². The largest absolute Gasteiger partial charge is 0.380 e. The molecule has 20 heavy (non-hydrogen) atoms.